The van der Waals surface area contributed by atoms with Crippen LogP contribution in [0, 0.1) is 0 Å². The number of rotatable bonds is 3. The van der Waals surface area contributed by atoms with Crippen molar-refractivity contribution in [2.45, 2.75) is 24.5 Å². The van der Waals surface area contributed by atoms with Crippen LogP contribution in [-0.2, 0) is 14.0 Å². The van der Waals surface area contributed by atoms with Crippen molar-refractivity contribution >= 4 is 15.4 Å². The van der Waals surface area contributed by atoms with Crippen molar-refractivity contribution in [2.24, 2.45) is 0 Å². The minimum atomic E-state index is -4.28. The summed E-state index contributed by atoms with van der Waals surface area (Å²) in [5.74, 6) is 0. The maximum Gasteiger partial charge on any atom is 0.351 e. The van der Waals surface area contributed by atoms with Gasteiger partial charge in [-0.3, -0.25) is 4.57 Å². The second kappa shape index (κ2) is 4.28. The monoisotopic (exact) mass is 226 g/mol. The molecule has 14 heavy (non-hydrogen) atoms. The number of hydrogen-bond acceptors (Lipinski definition) is 5. The maximum atomic E-state index is 10.4. The van der Waals surface area contributed by atoms with Crippen molar-refractivity contribution in [3.05, 3.63) is 0 Å². The van der Waals surface area contributed by atoms with Gasteiger partial charge in [0, 0.05) is 0 Å². The minimum absolute atomic E-state index is 0.619. The van der Waals surface area contributed by atoms with E-state index in [9.17, 15) is 14.8 Å². The molecule has 1 saturated heterocycles. The third-order valence-corrected chi connectivity index (χ3v) is 2.35. The van der Waals surface area contributed by atoms with Gasteiger partial charge in [-0.15, -0.1) is 0 Å². The molecule has 0 saturated carbocycles. The zero-order chi connectivity index (χ0) is 10.9. The zero-order valence-corrected chi connectivity index (χ0v) is 8.37. The lowest BCUT2D eigenvalue weighted by Gasteiger charge is -2.15. The predicted octanol–water partition coefficient (Wildman–Crippen LogP) is -2.82. The van der Waals surface area contributed by atoms with Gasteiger partial charge < -0.3 is 29.5 Å². The molecular weight excluding hydrogens is 214 g/mol. The van der Waals surface area contributed by atoms with E-state index >= 15 is 0 Å². The third kappa shape index (κ3) is 3.03. The van der Waals surface area contributed by atoms with Crippen molar-refractivity contribution in [3.8, 4) is 0 Å². The van der Waals surface area contributed by atoms with Gasteiger partial charge in [-0.2, -0.15) is 0 Å². The average molecular weight is 226 g/mol. The first-order valence-corrected chi connectivity index (χ1v) is 5.79. The van der Waals surface area contributed by atoms with Crippen LogP contribution in [0.5, 0.6) is 0 Å². The minimum Gasteiger partial charge on any atom is -0.388 e. The largest absolute Gasteiger partial charge is 0.388 e. The van der Waals surface area contributed by atoms with Crippen LogP contribution in [0.3, 0.4) is 0 Å². The first kappa shape index (κ1) is 12.1. The molecule has 4 atom stereocenters. The Bertz CT molecular complexity index is 242. The highest BCUT2D eigenvalue weighted by molar-refractivity contribution is 7.51. The Balaban J connectivity index is 2.44. The van der Waals surface area contributed by atoms with E-state index in [0.29, 0.717) is 0 Å². The molecule has 0 spiro atoms. The summed E-state index contributed by atoms with van der Waals surface area (Å²) in [6.07, 6.45) is -4.41. The van der Waals surface area contributed by atoms with Gasteiger partial charge in [0.2, 0.25) is 0 Å². The Hall–Kier alpha value is 0.0549. The molecule has 9 heteroatoms. The topological polar surface area (TPSA) is 116 Å². The first-order chi connectivity index (χ1) is 6.31. The quantitative estimate of drug-likeness (QED) is 0.302. The molecule has 7 nitrogen and oxygen atoms in total. The van der Waals surface area contributed by atoms with Crippen LogP contribution in [0.4, 0.5) is 0 Å². The van der Waals surface area contributed by atoms with E-state index in [4.69, 9.17) is 14.5 Å². The number of hydrogen-bond donors (Lipinski definition) is 4. The summed E-state index contributed by atoms with van der Waals surface area (Å²) in [6.45, 7) is 0. The summed E-state index contributed by atoms with van der Waals surface area (Å²) < 4.78 is 20.0. The molecule has 1 rings (SSSR count). The second-order valence-corrected chi connectivity index (χ2v) is 4.74. The maximum absolute atomic E-state index is 10.4. The summed E-state index contributed by atoms with van der Waals surface area (Å²) in [5, 5.41) is 18.5. The number of aliphatic hydroxyl groups excluding tert-OH is 2. The molecule has 0 aromatic heterocycles. The Kier molecular flexibility index (Phi) is 3.71. The summed E-state index contributed by atoms with van der Waals surface area (Å²) in [7, 11) is -2.76. The molecule has 1 heterocycles. The molecule has 1 aliphatic heterocycles. The van der Waals surface area contributed by atoms with Gasteiger partial charge in [0.1, 0.15) is 20.1 Å². The number of ether oxygens (including phenoxy) is 2. The van der Waals surface area contributed by atoms with Gasteiger partial charge in [0.25, 0.3) is 0 Å². The van der Waals surface area contributed by atoms with Crippen LogP contribution < -0.4 is 0 Å². The van der Waals surface area contributed by atoms with E-state index in [-0.39, 0.29) is 0 Å². The van der Waals surface area contributed by atoms with E-state index in [1.807, 2.05) is 0 Å². The van der Waals surface area contributed by atoms with Crippen molar-refractivity contribution in [3.63, 3.8) is 0 Å². The Morgan fingerprint density at radius 1 is 1.36 bits per heavy atom. The fraction of sp³-hybridized carbons (Fsp3) is 1.00. The summed E-state index contributed by atoms with van der Waals surface area (Å²) in [5.41, 5.74) is 0. The second-order valence-electron chi connectivity index (χ2n) is 3.15. The normalized spacial score (nSPS) is 38.9. The lowest BCUT2D eigenvalue weighted by atomic mass is 9.94. The van der Waals surface area contributed by atoms with E-state index in [1.54, 1.807) is 0 Å². The molecule has 2 unspecified atom stereocenters. The standard InChI is InChI=1S/C5H12BO7P/c6-4-2(7)3(8)5(13-4)12-1-14(9,10)11/h2-5,7-8H,1,6H2,(H2,9,10,11)/t2?,3?,4-,5+/m1/s1. The van der Waals surface area contributed by atoms with Gasteiger partial charge in [-0.1, -0.05) is 0 Å². The molecule has 0 aromatic rings. The van der Waals surface area contributed by atoms with Crippen LogP contribution in [-0.4, -0.2) is 58.7 Å². The first-order valence-electron chi connectivity index (χ1n) is 3.99. The average Bonchev–Trinajstić information content (AvgIpc) is 2.28. The van der Waals surface area contributed by atoms with Crippen molar-refractivity contribution < 1.29 is 34.0 Å². The summed E-state index contributed by atoms with van der Waals surface area (Å²) in [6, 6.07) is -0.619. The molecule has 0 aromatic carbocycles. The van der Waals surface area contributed by atoms with Crippen molar-refractivity contribution in [2.75, 3.05) is 6.35 Å². The highest BCUT2D eigenvalue weighted by Crippen LogP contribution is 2.35. The van der Waals surface area contributed by atoms with Gasteiger partial charge in [0.15, 0.2) is 12.6 Å². The molecule has 82 valence electrons. The van der Waals surface area contributed by atoms with Crippen molar-refractivity contribution in [1.82, 2.24) is 0 Å². The van der Waals surface area contributed by atoms with Crippen LogP contribution in [0.25, 0.3) is 0 Å². The Morgan fingerprint density at radius 3 is 2.29 bits per heavy atom. The molecule has 0 aliphatic carbocycles. The SMILES string of the molecule is B[C@@H]1O[C@H](OCP(=O)(O)O)C(O)C1O. The molecule has 1 fully saturated rings. The van der Waals surface area contributed by atoms with Gasteiger partial charge in [-0.05, 0) is 0 Å². The highest BCUT2D eigenvalue weighted by Gasteiger charge is 2.41. The molecule has 0 bridgehead atoms. The summed E-state index contributed by atoms with van der Waals surface area (Å²) in [4.78, 5) is 17.0. The van der Waals surface area contributed by atoms with E-state index in [1.165, 1.54) is 7.85 Å². The van der Waals surface area contributed by atoms with E-state index < -0.39 is 38.4 Å². The lowest BCUT2D eigenvalue weighted by molar-refractivity contribution is -0.147. The smallest absolute Gasteiger partial charge is 0.351 e. The van der Waals surface area contributed by atoms with Crippen LogP contribution >= 0.6 is 7.60 Å². The highest BCUT2D eigenvalue weighted by atomic mass is 31.2. The van der Waals surface area contributed by atoms with Gasteiger partial charge in [0.05, 0.1) is 6.00 Å². The molecule has 0 amide bonds. The van der Waals surface area contributed by atoms with Crippen LogP contribution in [0.1, 0.15) is 0 Å². The fourth-order valence-corrected chi connectivity index (χ4v) is 1.46. The lowest BCUT2D eigenvalue weighted by Crippen LogP contribution is -2.33. The third-order valence-electron chi connectivity index (χ3n) is 1.87. The van der Waals surface area contributed by atoms with E-state index in [0.717, 1.165) is 0 Å². The van der Waals surface area contributed by atoms with Gasteiger partial charge in [-0.25, -0.2) is 0 Å². The van der Waals surface area contributed by atoms with Crippen molar-refractivity contribution in [1.29, 1.82) is 0 Å². The Labute approximate surface area is 81.2 Å². The molecule has 1 aliphatic rings. The molecule has 4 N–H and O–H groups in total. The predicted molar refractivity (Wildman–Crippen MR) is 47.2 cm³/mol. The zero-order valence-electron chi connectivity index (χ0n) is 7.48. The Morgan fingerprint density at radius 2 is 1.93 bits per heavy atom. The van der Waals surface area contributed by atoms with Crippen LogP contribution in [0.2, 0.25) is 0 Å². The van der Waals surface area contributed by atoms with Crippen LogP contribution in [0.15, 0.2) is 0 Å². The number of aliphatic hydroxyl groups is 2. The molecular formula is C5H12BO7P. The molecule has 0 radical (unpaired) electrons. The fourth-order valence-electron chi connectivity index (χ4n) is 1.12. The summed E-state index contributed by atoms with van der Waals surface area (Å²) >= 11 is 0. The van der Waals surface area contributed by atoms with E-state index in [2.05, 4.69) is 4.74 Å². The van der Waals surface area contributed by atoms with Gasteiger partial charge >= 0.3 is 7.60 Å².